The Hall–Kier alpha value is -3.04. The highest BCUT2D eigenvalue weighted by Crippen LogP contribution is 2.45. The van der Waals surface area contributed by atoms with E-state index in [9.17, 15) is 0 Å². The van der Waals surface area contributed by atoms with E-state index in [0.717, 1.165) is 29.4 Å². The van der Waals surface area contributed by atoms with Gasteiger partial charge in [0.15, 0.2) is 0 Å². The maximum absolute atomic E-state index is 6.52. The van der Waals surface area contributed by atoms with E-state index in [1.165, 1.54) is 22.3 Å². The van der Waals surface area contributed by atoms with Crippen molar-refractivity contribution in [2.75, 3.05) is 27.2 Å². The van der Waals surface area contributed by atoms with Crippen LogP contribution < -0.4 is 9.47 Å². The zero-order valence-corrected chi connectivity index (χ0v) is 18.2. The molecule has 0 fully saturated rings. The van der Waals surface area contributed by atoms with Crippen LogP contribution in [-0.2, 0) is 0 Å². The Kier molecular flexibility index (Phi) is 5.91. The molecule has 1 unspecified atom stereocenters. The summed E-state index contributed by atoms with van der Waals surface area (Å²) < 4.78 is 12.2. The van der Waals surface area contributed by atoms with Gasteiger partial charge in [0, 0.05) is 23.6 Å². The summed E-state index contributed by atoms with van der Waals surface area (Å²) in [5.74, 6) is 2.90. The molecule has 0 aliphatic carbocycles. The number of benzene rings is 3. The van der Waals surface area contributed by atoms with Gasteiger partial charge in [-0.1, -0.05) is 48.0 Å². The molecule has 30 heavy (non-hydrogen) atoms. The van der Waals surface area contributed by atoms with Gasteiger partial charge in [0.2, 0.25) is 0 Å². The second-order valence-electron chi connectivity index (χ2n) is 8.03. The van der Waals surface area contributed by atoms with E-state index in [2.05, 4.69) is 80.5 Å². The Morgan fingerprint density at radius 3 is 2.27 bits per heavy atom. The standard InChI is InChI=1S/C27H29NO2/c1-5-29-22-16-14-21(15-17-22)27-24(18-28(3)4)26(20-12-10-19(2)11-13-20)23-8-6-7-9-25(23)30-27/h6-17,26H,5,18H2,1-4H3. The average molecular weight is 400 g/mol. The van der Waals surface area contributed by atoms with Gasteiger partial charge in [-0.3, -0.25) is 0 Å². The first-order chi connectivity index (χ1) is 14.6. The summed E-state index contributed by atoms with van der Waals surface area (Å²) in [6, 6.07) is 25.5. The maximum atomic E-state index is 6.52. The smallest absolute Gasteiger partial charge is 0.136 e. The van der Waals surface area contributed by atoms with E-state index < -0.39 is 0 Å². The molecular weight excluding hydrogens is 370 g/mol. The maximum Gasteiger partial charge on any atom is 0.136 e. The highest BCUT2D eigenvalue weighted by molar-refractivity contribution is 5.73. The van der Waals surface area contributed by atoms with Crippen molar-refractivity contribution in [2.24, 2.45) is 0 Å². The van der Waals surface area contributed by atoms with Crippen LogP contribution in [0.3, 0.4) is 0 Å². The Morgan fingerprint density at radius 1 is 0.900 bits per heavy atom. The summed E-state index contributed by atoms with van der Waals surface area (Å²) in [5.41, 5.74) is 6.11. The molecule has 4 rings (SSSR count). The van der Waals surface area contributed by atoms with E-state index in [1.807, 2.05) is 25.1 Å². The minimum Gasteiger partial charge on any atom is -0.494 e. The SMILES string of the molecule is CCOc1ccc(C2=C(CN(C)C)C(c3ccc(C)cc3)c3ccccc3O2)cc1. The number of hydrogen-bond donors (Lipinski definition) is 0. The molecule has 1 aliphatic rings. The van der Waals surface area contributed by atoms with Crippen LogP contribution in [0.15, 0.2) is 78.4 Å². The van der Waals surface area contributed by atoms with Gasteiger partial charge in [-0.15, -0.1) is 0 Å². The predicted octanol–water partition coefficient (Wildman–Crippen LogP) is 5.89. The van der Waals surface area contributed by atoms with E-state index in [4.69, 9.17) is 9.47 Å². The lowest BCUT2D eigenvalue weighted by Crippen LogP contribution is -2.25. The van der Waals surface area contributed by atoms with Crippen LogP contribution in [0, 0.1) is 6.92 Å². The molecule has 0 aromatic heterocycles. The van der Waals surface area contributed by atoms with Crippen LogP contribution in [0.1, 0.15) is 35.1 Å². The Balaban J connectivity index is 1.88. The fraction of sp³-hybridized carbons (Fsp3) is 0.259. The van der Waals surface area contributed by atoms with Gasteiger partial charge in [0.05, 0.1) is 6.61 Å². The van der Waals surface area contributed by atoms with Crippen molar-refractivity contribution in [3.05, 3.63) is 101 Å². The van der Waals surface area contributed by atoms with Crippen LogP contribution in [0.5, 0.6) is 11.5 Å². The van der Waals surface area contributed by atoms with Crippen LogP contribution in [0.4, 0.5) is 0 Å². The Bertz CT molecular complexity index is 1030. The third-order valence-electron chi connectivity index (χ3n) is 5.41. The lowest BCUT2D eigenvalue weighted by atomic mass is 9.81. The number of ether oxygens (including phenoxy) is 2. The molecule has 0 N–H and O–H groups in total. The van der Waals surface area contributed by atoms with Crippen molar-refractivity contribution < 1.29 is 9.47 Å². The van der Waals surface area contributed by atoms with Gasteiger partial charge >= 0.3 is 0 Å². The van der Waals surface area contributed by atoms with Gasteiger partial charge in [-0.25, -0.2) is 0 Å². The van der Waals surface area contributed by atoms with E-state index in [0.29, 0.717) is 6.61 Å². The molecule has 154 valence electrons. The molecule has 0 amide bonds. The number of para-hydroxylation sites is 1. The van der Waals surface area contributed by atoms with Crippen molar-refractivity contribution in [3.63, 3.8) is 0 Å². The molecule has 0 saturated heterocycles. The number of likely N-dealkylation sites (N-methyl/N-ethyl adjacent to an activating group) is 1. The van der Waals surface area contributed by atoms with Crippen LogP contribution in [-0.4, -0.2) is 32.1 Å². The molecular formula is C27H29NO2. The second-order valence-corrected chi connectivity index (χ2v) is 8.03. The predicted molar refractivity (Wildman–Crippen MR) is 123 cm³/mol. The fourth-order valence-corrected chi connectivity index (χ4v) is 4.06. The van der Waals surface area contributed by atoms with Gasteiger partial charge in [-0.2, -0.15) is 0 Å². The fourth-order valence-electron chi connectivity index (χ4n) is 4.06. The lowest BCUT2D eigenvalue weighted by Gasteiger charge is -2.33. The van der Waals surface area contributed by atoms with Crippen molar-refractivity contribution in [1.82, 2.24) is 4.90 Å². The lowest BCUT2D eigenvalue weighted by molar-refractivity contribution is 0.340. The third kappa shape index (κ3) is 4.12. The van der Waals surface area contributed by atoms with Gasteiger partial charge in [0.25, 0.3) is 0 Å². The number of hydrogen-bond acceptors (Lipinski definition) is 3. The molecule has 0 saturated carbocycles. The first kappa shape index (κ1) is 20.2. The number of rotatable bonds is 6. The van der Waals surface area contributed by atoms with E-state index >= 15 is 0 Å². The highest BCUT2D eigenvalue weighted by atomic mass is 16.5. The summed E-state index contributed by atoms with van der Waals surface area (Å²) in [7, 11) is 4.21. The van der Waals surface area contributed by atoms with Crippen molar-refractivity contribution in [1.29, 1.82) is 0 Å². The first-order valence-corrected chi connectivity index (χ1v) is 10.5. The number of fused-ring (bicyclic) bond motifs is 1. The second kappa shape index (κ2) is 8.76. The molecule has 3 aromatic carbocycles. The van der Waals surface area contributed by atoms with Gasteiger partial charge in [0.1, 0.15) is 17.3 Å². The molecule has 0 radical (unpaired) electrons. The highest BCUT2D eigenvalue weighted by Gasteiger charge is 2.31. The molecule has 1 atom stereocenters. The topological polar surface area (TPSA) is 21.7 Å². The van der Waals surface area contributed by atoms with Crippen LogP contribution in [0.25, 0.3) is 5.76 Å². The van der Waals surface area contributed by atoms with Crippen LogP contribution in [0.2, 0.25) is 0 Å². The summed E-state index contributed by atoms with van der Waals surface area (Å²) in [5, 5.41) is 0. The number of nitrogens with zero attached hydrogens (tertiary/aromatic N) is 1. The quantitative estimate of drug-likeness (QED) is 0.516. The molecule has 0 spiro atoms. The van der Waals surface area contributed by atoms with Crippen molar-refractivity contribution in [3.8, 4) is 11.5 Å². The first-order valence-electron chi connectivity index (χ1n) is 10.5. The van der Waals surface area contributed by atoms with Crippen molar-refractivity contribution in [2.45, 2.75) is 19.8 Å². The van der Waals surface area contributed by atoms with Gasteiger partial charge < -0.3 is 14.4 Å². The minimum atomic E-state index is 0.152. The van der Waals surface area contributed by atoms with E-state index in [1.54, 1.807) is 0 Å². The average Bonchev–Trinajstić information content (AvgIpc) is 2.75. The molecule has 3 aromatic rings. The van der Waals surface area contributed by atoms with Crippen molar-refractivity contribution >= 4 is 5.76 Å². The molecule has 3 heteroatoms. The molecule has 0 bridgehead atoms. The summed E-state index contributed by atoms with van der Waals surface area (Å²) in [6.45, 7) is 5.60. The van der Waals surface area contributed by atoms with E-state index in [-0.39, 0.29) is 5.92 Å². The number of aryl methyl sites for hydroxylation is 1. The minimum absolute atomic E-state index is 0.152. The zero-order chi connectivity index (χ0) is 21.1. The van der Waals surface area contributed by atoms with Gasteiger partial charge in [-0.05, 0) is 69.4 Å². The zero-order valence-electron chi connectivity index (χ0n) is 18.2. The third-order valence-corrected chi connectivity index (χ3v) is 5.41. The Morgan fingerprint density at radius 2 is 1.60 bits per heavy atom. The molecule has 1 heterocycles. The summed E-state index contributed by atoms with van der Waals surface area (Å²) >= 11 is 0. The summed E-state index contributed by atoms with van der Waals surface area (Å²) in [4.78, 5) is 2.21. The van der Waals surface area contributed by atoms with Crippen LogP contribution >= 0.6 is 0 Å². The molecule has 1 aliphatic heterocycles. The monoisotopic (exact) mass is 399 g/mol. The largest absolute Gasteiger partial charge is 0.494 e. The molecule has 3 nitrogen and oxygen atoms in total. The Labute approximate surface area is 179 Å². The summed E-state index contributed by atoms with van der Waals surface area (Å²) in [6.07, 6.45) is 0. The normalized spacial score (nSPS) is 15.7.